The molecule has 0 unspecified atom stereocenters. The quantitative estimate of drug-likeness (QED) is 0.754. The fourth-order valence-corrected chi connectivity index (χ4v) is 4.58. The van der Waals surface area contributed by atoms with Gasteiger partial charge in [0.1, 0.15) is 11.4 Å². The van der Waals surface area contributed by atoms with Gasteiger partial charge in [-0.15, -0.1) is 11.3 Å². The first kappa shape index (κ1) is 17.6. The molecule has 0 aliphatic carbocycles. The number of hydrogen-bond donors (Lipinski definition) is 1. The number of sulfonamides is 1. The van der Waals surface area contributed by atoms with Gasteiger partial charge >= 0.3 is 11.9 Å². The zero-order chi connectivity index (χ0) is 16.2. The van der Waals surface area contributed by atoms with Crippen molar-refractivity contribution in [1.82, 2.24) is 4.31 Å². The number of carboxylic acid groups (broad SMARTS) is 1. The monoisotopic (exact) mass is 335 g/mol. The summed E-state index contributed by atoms with van der Waals surface area (Å²) in [7, 11) is -2.75. The SMILES string of the molecule is CCCN(CC(=O)OC)S(=O)(=O)c1cc(C(=O)O)sc1C. The Kier molecular flexibility index (Phi) is 5.87. The molecule has 0 aromatic carbocycles. The Balaban J connectivity index is 3.22. The Bertz CT molecular complexity index is 634. The van der Waals surface area contributed by atoms with Gasteiger partial charge in [-0.2, -0.15) is 4.31 Å². The van der Waals surface area contributed by atoms with Crippen molar-refractivity contribution >= 4 is 33.3 Å². The Morgan fingerprint density at radius 3 is 2.48 bits per heavy atom. The van der Waals surface area contributed by atoms with E-state index in [1.54, 1.807) is 6.92 Å². The maximum Gasteiger partial charge on any atom is 0.345 e. The van der Waals surface area contributed by atoms with E-state index in [0.717, 1.165) is 21.7 Å². The second-order valence-corrected chi connectivity index (χ2v) is 7.41. The molecule has 0 spiro atoms. The van der Waals surface area contributed by atoms with Crippen molar-refractivity contribution in [2.75, 3.05) is 20.2 Å². The predicted molar refractivity (Wildman–Crippen MR) is 77.1 cm³/mol. The van der Waals surface area contributed by atoms with E-state index in [1.807, 2.05) is 0 Å². The topological polar surface area (TPSA) is 101 Å². The lowest BCUT2D eigenvalue weighted by Gasteiger charge is -2.20. The van der Waals surface area contributed by atoms with Crippen molar-refractivity contribution in [3.63, 3.8) is 0 Å². The molecule has 0 aliphatic heterocycles. The van der Waals surface area contributed by atoms with Crippen molar-refractivity contribution in [2.24, 2.45) is 0 Å². The van der Waals surface area contributed by atoms with Gasteiger partial charge in [0.2, 0.25) is 10.0 Å². The summed E-state index contributed by atoms with van der Waals surface area (Å²) in [6, 6.07) is 1.12. The van der Waals surface area contributed by atoms with Gasteiger partial charge in [-0.25, -0.2) is 13.2 Å². The maximum absolute atomic E-state index is 12.6. The summed E-state index contributed by atoms with van der Waals surface area (Å²) < 4.78 is 30.6. The van der Waals surface area contributed by atoms with Crippen LogP contribution >= 0.6 is 11.3 Å². The van der Waals surface area contributed by atoms with Crippen LogP contribution in [0.15, 0.2) is 11.0 Å². The molecule has 0 amide bonds. The molecular formula is C12H17NO6S2. The highest BCUT2D eigenvalue weighted by Crippen LogP contribution is 2.28. The average molecular weight is 335 g/mol. The summed E-state index contributed by atoms with van der Waals surface area (Å²) >= 11 is 0.888. The van der Waals surface area contributed by atoms with Crippen molar-refractivity contribution in [3.8, 4) is 0 Å². The normalized spacial score (nSPS) is 11.6. The van der Waals surface area contributed by atoms with Crippen LogP contribution in [-0.4, -0.2) is 50.0 Å². The van der Waals surface area contributed by atoms with E-state index in [0.29, 0.717) is 11.3 Å². The van der Waals surface area contributed by atoms with Gasteiger partial charge < -0.3 is 9.84 Å². The van der Waals surface area contributed by atoms with Crippen LogP contribution in [0.25, 0.3) is 0 Å². The predicted octanol–water partition coefficient (Wildman–Crippen LogP) is 1.33. The summed E-state index contributed by atoms with van der Waals surface area (Å²) in [4.78, 5) is 22.5. The standard InChI is InChI=1S/C12H17NO6S2/c1-4-5-13(7-11(14)19-3)21(17,18)10-6-9(12(15)16)20-8(10)2/h6H,4-5,7H2,1-3H3,(H,15,16). The molecular weight excluding hydrogens is 318 g/mol. The Morgan fingerprint density at radius 2 is 2.05 bits per heavy atom. The third-order valence-electron chi connectivity index (χ3n) is 2.71. The van der Waals surface area contributed by atoms with Gasteiger partial charge in [-0.3, -0.25) is 4.79 Å². The molecule has 0 saturated heterocycles. The fourth-order valence-electron chi connectivity index (χ4n) is 1.71. The molecule has 1 rings (SSSR count). The molecule has 1 aromatic rings. The van der Waals surface area contributed by atoms with E-state index in [-0.39, 0.29) is 16.3 Å². The smallest absolute Gasteiger partial charge is 0.345 e. The molecule has 21 heavy (non-hydrogen) atoms. The number of carboxylic acids is 1. The van der Waals surface area contributed by atoms with Crippen LogP contribution in [0.2, 0.25) is 0 Å². The highest BCUT2D eigenvalue weighted by Gasteiger charge is 2.30. The van der Waals surface area contributed by atoms with Crippen LogP contribution in [0.5, 0.6) is 0 Å². The molecule has 9 heteroatoms. The first-order valence-electron chi connectivity index (χ1n) is 6.14. The summed E-state index contributed by atoms with van der Waals surface area (Å²) in [5.74, 6) is -1.85. The van der Waals surface area contributed by atoms with Gasteiger partial charge in [0.25, 0.3) is 0 Å². The van der Waals surface area contributed by atoms with Gasteiger partial charge in [0.15, 0.2) is 0 Å². The molecule has 1 heterocycles. The molecule has 0 bridgehead atoms. The van der Waals surface area contributed by atoms with Crippen LogP contribution in [0, 0.1) is 6.92 Å². The number of thiophene rings is 1. The van der Waals surface area contributed by atoms with Crippen LogP contribution in [0.4, 0.5) is 0 Å². The lowest BCUT2D eigenvalue weighted by molar-refractivity contribution is -0.140. The van der Waals surface area contributed by atoms with E-state index in [9.17, 15) is 18.0 Å². The second kappa shape index (κ2) is 7.01. The number of methoxy groups -OCH3 is 1. The van der Waals surface area contributed by atoms with Gasteiger partial charge in [-0.05, 0) is 19.4 Å². The molecule has 0 fully saturated rings. The minimum absolute atomic E-state index is 0.0550. The van der Waals surface area contributed by atoms with E-state index >= 15 is 0 Å². The van der Waals surface area contributed by atoms with Crippen LogP contribution in [-0.2, 0) is 19.6 Å². The minimum Gasteiger partial charge on any atom is -0.477 e. The lowest BCUT2D eigenvalue weighted by atomic mass is 10.4. The third-order valence-corrected chi connectivity index (χ3v) is 5.85. The molecule has 0 saturated carbocycles. The van der Waals surface area contributed by atoms with E-state index in [1.165, 1.54) is 14.0 Å². The molecule has 0 aliphatic rings. The third kappa shape index (κ3) is 4.02. The fraction of sp³-hybridized carbons (Fsp3) is 0.500. The number of ether oxygens (including phenoxy) is 1. The van der Waals surface area contributed by atoms with Crippen molar-refractivity contribution < 1.29 is 27.9 Å². The first-order valence-corrected chi connectivity index (χ1v) is 8.40. The van der Waals surface area contributed by atoms with Gasteiger partial charge in [0.05, 0.1) is 12.0 Å². The Morgan fingerprint density at radius 1 is 1.43 bits per heavy atom. The molecule has 7 nitrogen and oxygen atoms in total. The number of aromatic carboxylic acids is 1. The number of esters is 1. The van der Waals surface area contributed by atoms with Crippen molar-refractivity contribution in [2.45, 2.75) is 25.2 Å². The average Bonchev–Trinajstić information content (AvgIpc) is 2.81. The van der Waals surface area contributed by atoms with Gasteiger partial charge in [-0.1, -0.05) is 6.92 Å². The highest BCUT2D eigenvalue weighted by molar-refractivity contribution is 7.89. The van der Waals surface area contributed by atoms with Crippen LogP contribution in [0.3, 0.4) is 0 Å². The first-order chi connectivity index (χ1) is 9.73. The zero-order valence-corrected chi connectivity index (χ0v) is 13.6. The number of hydrogen-bond acceptors (Lipinski definition) is 6. The summed E-state index contributed by atoms with van der Waals surface area (Å²) in [5, 5.41) is 8.94. The summed E-state index contributed by atoms with van der Waals surface area (Å²) in [6.45, 7) is 3.06. The minimum atomic E-state index is -3.93. The van der Waals surface area contributed by atoms with Crippen LogP contribution < -0.4 is 0 Å². The van der Waals surface area contributed by atoms with Gasteiger partial charge in [0, 0.05) is 11.4 Å². The summed E-state index contributed by atoms with van der Waals surface area (Å²) in [6.07, 6.45) is 0.519. The zero-order valence-electron chi connectivity index (χ0n) is 12.0. The molecule has 1 N–H and O–H groups in total. The van der Waals surface area contributed by atoms with E-state index < -0.39 is 28.5 Å². The molecule has 118 valence electrons. The lowest BCUT2D eigenvalue weighted by Crippen LogP contribution is -2.36. The number of carbonyl (C=O) groups excluding carboxylic acids is 1. The van der Waals surface area contributed by atoms with E-state index in [2.05, 4.69) is 4.74 Å². The number of carbonyl (C=O) groups is 2. The van der Waals surface area contributed by atoms with E-state index in [4.69, 9.17) is 5.11 Å². The highest BCUT2D eigenvalue weighted by atomic mass is 32.2. The molecule has 0 atom stereocenters. The number of rotatable bonds is 7. The largest absolute Gasteiger partial charge is 0.477 e. The molecule has 1 aromatic heterocycles. The Labute approximate surface area is 127 Å². The Hall–Kier alpha value is -1.45. The number of aryl methyl sites for hydroxylation is 1. The van der Waals surface area contributed by atoms with Crippen LogP contribution in [0.1, 0.15) is 27.9 Å². The maximum atomic E-state index is 12.6. The summed E-state index contributed by atoms with van der Waals surface area (Å²) in [5.41, 5.74) is 0. The van der Waals surface area contributed by atoms with Crippen molar-refractivity contribution in [1.29, 1.82) is 0 Å². The molecule has 0 radical (unpaired) electrons. The number of nitrogens with zero attached hydrogens (tertiary/aromatic N) is 1. The second-order valence-electron chi connectivity index (χ2n) is 4.25. The van der Waals surface area contributed by atoms with Crippen molar-refractivity contribution in [3.05, 3.63) is 15.8 Å².